The summed E-state index contributed by atoms with van der Waals surface area (Å²) in [6.45, 7) is 16.0. The van der Waals surface area contributed by atoms with Crippen molar-refractivity contribution in [2.24, 2.45) is 0 Å². The van der Waals surface area contributed by atoms with Gasteiger partial charge in [-0.1, -0.05) is 66.2 Å². The molecule has 10 heterocycles. The molecule has 0 radical (unpaired) electrons. The average molecular weight is 1400 g/mol. The molecule has 0 spiro atoms. The summed E-state index contributed by atoms with van der Waals surface area (Å²) < 4.78 is 60.4. The fourth-order valence-electron chi connectivity index (χ4n) is 11.6. The average Bonchev–Trinajstić information content (AvgIpc) is 1.15. The van der Waals surface area contributed by atoms with Crippen LogP contribution in [0.3, 0.4) is 0 Å². The van der Waals surface area contributed by atoms with E-state index >= 15 is 0 Å². The number of carbonyl (C=O) groups excluding carboxylic acids is 2. The van der Waals surface area contributed by atoms with E-state index in [0.29, 0.717) is 110 Å². The number of piperazine rings is 3. The number of aromatic nitrogens is 9. The summed E-state index contributed by atoms with van der Waals surface area (Å²) >= 11 is 31.9. The fraction of sp³-hybridized carbons (Fsp3) is 0.308. The van der Waals surface area contributed by atoms with Gasteiger partial charge in [0.05, 0.1) is 79.2 Å². The maximum Gasteiger partial charge on any atom is 0.320 e. The Kier molecular flexibility index (Phi) is 21.3. The van der Waals surface area contributed by atoms with E-state index in [1.807, 2.05) is 9.80 Å². The second-order valence-electron chi connectivity index (χ2n) is 22.2. The van der Waals surface area contributed by atoms with Gasteiger partial charge in [0, 0.05) is 84.6 Å². The van der Waals surface area contributed by atoms with Crippen molar-refractivity contribution in [3.8, 4) is 57.0 Å². The first-order valence-electron chi connectivity index (χ1n) is 30.1. The number of halogens is 8. The molecule has 9 aromatic rings. The van der Waals surface area contributed by atoms with Crippen molar-refractivity contribution >= 4 is 120 Å². The van der Waals surface area contributed by atoms with Gasteiger partial charge in [-0.15, -0.1) is 0 Å². The van der Waals surface area contributed by atoms with Crippen molar-refractivity contribution in [3.05, 3.63) is 141 Å². The van der Waals surface area contributed by atoms with Gasteiger partial charge in [-0.25, -0.2) is 28.1 Å². The minimum absolute atomic E-state index is 0.00775. The summed E-state index contributed by atoms with van der Waals surface area (Å²) in [6, 6.07) is 18.5. The van der Waals surface area contributed by atoms with Crippen molar-refractivity contribution in [3.63, 3.8) is 0 Å². The van der Waals surface area contributed by atoms with Crippen molar-refractivity contribution in [1.82, 2.24) is 64.9 Å². The van der Waals surface area contributed by atoms with E-state index in [-0.39, 0.29) is 100 Å². The highest BCUT2D eigenvalue weighted by Gasteiger charge is 2.30. The summed E-state index contributed by atoms with van der Waals surface area (Å²) in [5.41, 5.74) is 1.67. The predicted octanol–water partition coefficient (Wildman–Crippen LogP) is 11.0. The van der Waals surface area contributed by atoms with Crippen molar-refractivity contribution in [1.29, 1.82) is 0 Å². The number of anilines is 3. The standard InChI is InChI=1S/C26H28ClFN6O3.C21H18Cl2FN5O2.C18H16Cl2FN5O/c1-3-21(36)33-10-12-34(13-11-33)25-17-14-18(27)23(22-19(28)7-4-8-20(22)35)29-24(17)30-26(31-25)37-15-16-6-5-9-32(16)2;1-3-16(30)28-7-9-29(10-8-28)20-12-11-13(22)18(25-19(12)26-21(23)27-20)17-14(24)5-4-6-15(17)31-2;1-27-13-4-2-3-12(21)14(13)15-11(19)9-10-16(23-15)24-18(20)25-17(10)26-7-5-22-6-8-26/h3-4,7-8,14,16,35H,1,5-6,9-13,15H2,2H3;3-6,11H,1,7-10H2,2H3;2-4,9,22H,5-8H2,1H3/t16-;;/m0../s1. The summed E-state index contributed by atoms with van der Waals surface area (Å²) in [4.78, 5) is 75.7. The van der Waals surface area contributed by atoms with Crippen molar-refractivity contribution < 1.29 is 42.1 Å². The van der Waals surface area contributed by atoms with E-state index < -0.39 is 17.5 Å². The van der Waals surface area contributed by atoms with Gasteiger partial charge in [0.25, 0.3) is 0 Å². The molecule has 3 aromatic carbocycles. The maximum absolute atomic E-state index is 14.7. The normalized spacial score (nSPS) is 15.9. The van der Waals surface area contributed by atoms with Gasteiger partial charge in [0.1, 0.15) is 58.8 Å². The summed E-state index contributed by atoms with van der Waals surface area (Å²) in [7, 11) is 4.98. The van der Waals surface area contributed by atoms with Crippen LogP contribution in [0.5, 0.6) is 23.3 Å². The number of nitrogens with one attached hydrogen (secondary N) is 1. The molecular formula is C65H62Cl5F3N16O6. The van der Waals surface area contributed by atoms with Gasteiger partial charge in [-0.2, -0.15) is 29.9 Å². The van der Waals surface area contributed by atoms with E-state index in [1.54, 1.807) is 52.3 Å². The zero-order valence-electron chi connectivity index (χ0n) is 51.6. The first-order valence-corrected chi connectivity index (χ1v) is 32.0. The van der Waals surface area contributed by atoms with E-state index in [4.69, 9.17) is 77.2 Å². The smallest absolute Gasteiger partial charge is 0.320 e. The Morgan fingerprint density at radius 2 is 0.968 bits per heavy atom. The molecule has 4 aliphatic heterocycles. The molecular weight excluding hydrogens is 1340 g/mol. The lowest BCUT2D eigenvalue weighted by molar-refractivity contribution is -0.127. The second kappa shape index (κ2) is 29.9. The molecule has 0 bridgehead atoms. The molecule has 6 aromatic heterocycles. The maximum atomic E-state index is 14.7. The Morgan fingerprint density at radius 3 is 1.39 bits per heavy atom. The summed E-state index contributed by atoms with van der Waals surface area (Å²) in [5.74, 6) is 0.303. The van der Waals surface area contributed by atoms with Crippen LogP contribution in [0.15, 0.2) is 98.1 Å². The second-order valence-corrected chi connectivity index (χ2v) is 24.1. The monoisotopic (exact) mass is 1390 g/mol. The van der Waals surface area contributed by atoms with Crippen LogP contribution >= 0.6 is 58.0 Å². The number of methoxy groups -OCH3 is 2. The van der Waals surface area contributed by atoms with E-state index in [2.05, 4.69) is 75.2 Å². The summed E-state index contributed by atoms with van der Waals surface area (Å²) in [5, 5.41) is 16.2. The molecule has 0 unspecified atom stereocenters. The number of phenols is 1. The zero-order valence-corrected chi connectivity index (χ0v) is 55.4. The largest absolute Gasteiger partial charge is 0.507 e. The number of amides is 2. The number of nitrogens with zero attached hydrogens (tertiary/aromatic N) is 15. The van der Waals surface area contributed by atoms with Gasteiger partial charge in [-0.3, -0.25) is 9.59 Å². The number of aromatic hydroxyl groups is 1. The molecule has 30 heteroatoms. The Bertz CT molecular complexity index is 4390. The lowest BCUT2D eigenvalue weighted by Crippen LogP contribution is -2.48. The molecule has 494 valence electrons. The highest BCUT2D eigenvalue weighted by atomic mass is 35.5. The number of hydrogen-bond donors (Lipinski definition) is 2. The van der Waals surface area contributed by atoms with Crippen LogP contribution in [0, 0.1) is 17.5 Å². The third-order valence-corrected chi connectivity index (χ3v) is 17.7. The fourth-order valence-corrected chi connectivity index (χ4v) is 12.7. The molecule has 4 aliphatic rings. The SMILES string of the molecule is C=CC(=O)N1CCN(c2nc(Cl)nc3nc(-c4c(F)cccc4OC)c(Cl)cc23)CC1.C=CC(=O)N1CCN(c2nc(OC[C@@H]3CCCN3C)nc3nc(-c4c(O)cccc4F)c(Cl)cc23)CC1.COc1cccc(F)c1-c1nc2nc(Cl)nc(N3CCNCC3)c2cc1Cl. The lowest BCUT2D eigenvalue weighted by Gasteiger charge is -2.35. The number of ether oxygens (including phenoxy) is 3. The first-order chi connectivity index (χ1) is 45.9. The third-order valence-electron chi connectivity index (χ3n) is 16.5. The molecule has 0 saturated carbocycles. The Morgan fingerprint density at radius 1 is 0.558 bits per heavy atom. The van der Waals surface area contributed by atoms with Gasteiger partial charge in [0.15, 0.2) is 16.9 Å². The lowest BCUT2D eigenvalue weighted by atomic mass is 10.1. The number of hydrogen-bond acceptors (Lipinski definition) is 20. The van der Waals surface area contributed by atoms with Crippen LogP contribution in [0.4, 0.5) is 30.6 Å². The van der Waals surface area contributed by atoms with E-state index in [9.17, 15) is 27.9 Å². The van der Waals surface area contributed by atoms with Crippen LogP contribution in [0.1, 0.15) is 12.8 Å². The minimum atomic E-state index is -0.646. The molecule has 0 aliphatic carbocycles. The number of pyridine rings is 3. The first kappa shape index (κ1) is 67.7. The van der Waals surface area contributed by atoms with Gasteiger partial charge in [0.2, 0.25) is 22.4 Å². The molecule has 4 saturated heterocycles. The Balaban J connectivity index is 0.000000147. The number of rotatable bonds is 13. The molecule has 22 nitrogen and oxygen atoms in total. The molecule has 13 rings (SSSR count). The van der Waals surface area contributed by atoms with Crippen LogP contribution < -0.4 is 34.2 Å². The Labute approximate surface area is 568 Å². The van der Waals surface area contributed by atoms with Crippen LogP contribution in [0.25, 0.3) is 66.9 Å². The molecule has 4 fully saturated rings. The molecule has 95 heavy (non-hydrogen) atoms. The third kappa shape index (κ3) is 14.8. The summed E-state index contributed by atoms with van der Waals surface area (Å²) in [6.07, 6.45) is 4.75. The van der Waals surface area contributed by atoms with E-state index in [1.165, 1.54) is 56.7 Å². The zero-order chi connectivity index (χ0) is 67.2. The Hall–Kier alpha value is -8.69. The highest BCUT2D eigenvalue weighted by Crippen LogP contribution is 2.42. The number of likely N-dealkylation sites (N-methyl/N-ethyl adjacent to an activating group) is 1. The molecule has 2 amide bonds. The molecule has 2 N–H and O–H groups in total. The highest BCUT2D eigenvalue weighted by molar-refractivity contribution is 6.35. The van der Waals surface area contributed by atoms with Gasteiger partial charge in [-0.05, 0) is 116 Å². The number of benzene rings is 3. The molecule has 1 atom stereocenters. The van der Waals surface area contributed by atoms with Gasteiger partial charge < -0.3 is 54.0 Å². The van der Waals surface area contributed by atoms with Crippen LogP contribution in [-0.4, -0.2) is 195 Å². The van der Waals surface area contributed by atoms with Crippen molar-refractivity contribution in [2.45, 2.75) is 18.9 Å². The number of phenolic OH excluding ortho intramolecular Hbond substituents is 1. The predicted molar refractivity (Wildman–Crippen MR) is 362 cm³/mol. The minimum Gasteiger partial charge on any atom is -0.507 e. The topological polar surface area (TPSA) is 230 Å². The van der Waals surface area contributed by atoms with Crippen LogP contribution in [0.2, 0.25) is 25.6 Å². The van der Waals surface area contributed by atoms with Crippen LogP contribution in [-0.2, 0) is 9.59 Å². The number of carbonyl (C=O) groups is 2. The van der Waals surface area contributed by atoms with Crippen molar-refractivity contribution in [2.75, 3.05) is 128 Å². The number of likely N-dealkylation sites (tertiary alicyclic amines) is 1. The quantitative estimate of drug-likeness (QED) is 0.0807. The van der Waals surface area contributed by atoms with E-state index in [0.717, 1.165) is 45.6 Å². The van der Waals surface area contributed by atoms with Gasteiger partial charge >= 0.3 is 6.01 Å². The number of fused-ring (bicyclic) bond motifs is 3.